The molecule has 2 amide bonds. The predicted molar refractivity (Wildman–Crippen MR) is 141 cm³/mol. The molecule has 1 fully saturated rings. The first-order valence-corrected chi connectivity index (χ1v) is 13.1. The van der Waals surface area contributed by atoms with Crippen molar-refractivity contribution < 1.29 is 24.3 Å². The summed E-state index contributed by atoms with van der Waals surface area (Å²) in [5.74, 6) is -2.85. The Balaban J connectivity index is 1.52. The number of fused-ring (bicyclic) bond motifs is 3. The van der Waals surface area contributed by atoms with Crippen molar-refractivity contribution in [1.29, 1.82) is 0 Å². The first-order valence-electron chi connectivity index (χ1n) is 12.3. The summed E-state index contributed by atoms with van der Waals surface area (Å²) in [7, 11) is 0. The summed E-state index contributed by atoms with van der Waals surface area (Å²) in [6.07, 6.45) is 3.94. The number of para-hydroxylation sites is 1. The van der Waals surface area contributed by atoms with Gasteiger partial charge in [0.1, 0.15) is 5.75 Å². The van der Waals surface area contributed by atoms with Crippen molar-refractivity contribution in [2.75, 3.05) is 4.90 Å². The fourth-order valence-corrected chi connectivity index (χ4v) is 7.02. The maximum atomic E-state index is 13.8. The van der Waals surface area contributed by atoms with Gasteiger partial charge >= 0.3 is 0 Å². The minimum absolute atomic E-state index is 0.187. The van der Waals surface area contributed by atoms with Gasteiger partial charge < -0.3 is 5.11 Å². The summed E-state index contributed by atoms with van der Waals surface area (Å²) in [6, 6.07) is 12.6. The summed E-state index contributed by atoms with van der Waals surface area (Å²) < 4.78 is 0.201. The van der Waals surface area contributed by atoms with E-state index in [1.165, 1.54) is 11.0 Å². The first-order chi connectivity index (χ1) is 17.7. The Morgan fingerprint density at radius 2 is 1.62 bits per heavy atom. The van der Waals surface area contributed by atoms with Crippen LogP contribution in [-0.4, -0.2) is 28.5 Å². The molecular formula is C30H24BrNO5. The number of aryl methyl sites for hydroxylation is 2. The highest BCUT2D eigenvalue weighted by atomic mass is 79.9. The van der Waals surface area contributed by atoms with Crippen LogP contribution in [0.15, 0.2) is 75.8 Å². The van der Waals surface area contributed by atoms with Crippen molar-refractivity contribution in [3.05, 3.63) is 92.5 Å². The number of carbonyl (C=O) groups is 4. The standard InChI is InChI=1S/C30H24BrNO5/c1-14-10-16(11-15(2)27(14)34)24-18-8-9-19-25(30(37)32(29(19)36)17-6-4-3-5-7-17)20(18)12-21-26(24)23(33)13-22(31)28(21)35/h3-8,10-11,13,19-20,24-25,34H,9,12H2,1-2H3. The van der Waals surface area contributed by atoms with Gasteiger partial charge in [-0.15, -0.1) is 0 Å². The number of hydrogen-bond acceptors (Lipinski definition) is 5. The minimum Gasteiger partial charge on any atom is -0.507 e. The average Bonchev–Trinajstić information content (AvgIpc) is 3.14. The van der Waals surface area contributed by atoms with Crippen molar-refractivity contribution in [3.8, 4) is 5.75 Å². The zero-order valence-electron chi connectivity index (χ0n) is 20.3. The highest BCUT2D eigenvalue weighted by molar-refractivity contribution is 9.12. The molecule has 0 bridgehead atoms. The monoisotopic (exact) mass is 557 g/mol. The third kappa shape index (κ3) is 3.44. The molecule has 0 spiro atoms. The molecule has 6 rings (SSSR count). The Kier molecular flexibility index (Phi) is 5.46. The van der Waals surface area contributed by atoms with E-state index in [0.29, 0.717) is 34.4 Å². The molecule has 37 heavy (non-hydrogen) atoms. The molecule has 2 aromatic carbocycles. The van der Waals surface area contributed by atoms with Gasteiger partial charge in [-0.25, -0.2) is 0 Å². The Bertz CT molecular complexity index is 1490. The van der Waals surface area contributed by atoms with Crippen molar-refractivity contribution in [2.24, 2.45) is 17.8 Å². The van der Waals surface area contributed by atoms with Gasteiger partial charge in [0, 0.05) is 23.1 Å². The van der Waals surface area contributed by atoms with Gasteiger partial charge in [0.2, 0.25) is 11.8 Å². The lowest BCUT2D eigenvalue weighted by Crippen LogP contribution is -2.39. The van der Waals surface area contributed by atoms with E-state index in [4.69, 9.17) is 0 Å². The number of rotatable bonds is 2. The zero-order chi connectivity index (χ0) is 26.2. The summed E-state index contributed by atoms with van der Waals surface area (Å²) in [4.78, 5) is 55.2. The highest BCUT2D eigenvalue weighted by Gasteiger charge is 2.56. The van der Waals surface area contributed by atoms with Crippen LogP contribution >= 0.6 is 15.9 Å². The van der Waals surface area contributed by atoms with E-state index in [2.05, 4.69) is 15.9 Å². The van der Waals surface area contributed by atoms with Crippen LogP contribution < -0.4 is 4.90 Å². The van der Waals surface area contributed by atoms with Crippen LogP contribution in [0, 0.1) is 31.6 Å². The first kappa shape index (κ1) is 23.8. The maximum absolute atomic E-state index is 13.8. The fraction of sp³-hybridized carbons (Fsp3) is 0.267. The Labute approximate surface area is 222 Å². The number of ketones is 2. The Morgan fingerprint density at radius 3 is 2.30 bits per heavy atom. The number of allylic oxidation sites excluding steroid dienone is 6. The molecule has 1 aliphatic heterocycles. The molecule has 186 valence electrons. The van der Waals surface area contributed by atoms with E-state index >= 15 is 0 Å². The van der Waals surface area contributed by atoms with Gasteiger partial charge in [0.05, 0.1) is 22.0 Å². The second-order valence-corrected chi connectivity index (χ2v) is 11.1. The lowest BCUT2D eigenvalue weighted by atomic mass is 9.59. The van der Waals surface area contributed by atoms with E-state index in [-0.39, 0.29) is 40.0 Å². The predicted octanol–water partition coefficient (Wildman–Crippen LogP) is 4.98. The summed E-state index contributed by atoms with van der Waals surface area (Å²) in [5, 5.41) is 10.4. The smallest absolute Gasteiger partial charge is 0.238 e. The molecule has 1 N–H and O–H groups in total. The number of anilines is 1. The van der Waals surface area contributed by atoms with Crippen molar-refractivity contribution in [1.82, 2.24) is 0 Å². The van der Waals surface area contributed by atoms with Gasteiger partial charge in [0.25, 0.3) is 0 Å². The SMILES string of the molecule is Cc1cc(C2C3=CCC4C(=O)N(c5ccccc5)C(=O)C4C3CC3=C2C(=O)C=C(Br)C3=O)cc(C)c1O. The number of hydrogen-bond donors (Lipinski definition) is 1. The minimum atomic E-state index is -0.615. The van der Waals surface area contributed by atoms with E-state index in [0.717, 1.165) is 11.1 Å². The molecule has 0 radical (unpaired) electrons. The lowest BCUT2D eigenvalue weighted by molar-refractivity contribution is -0.123. The van der Waals surface area contributed by atoms with Gasteiger partial charge in [-0.05, 0) is 77.4 Å². The van der Waals surface area contributed by atoms with Crippen LogP contribution in [0.25, 0.3) is 0 Å². The Morgan fingerprint density at radius 1 is 0.946 bits per heavy atom. The maximum Gasteiger partial charge on any atom is 0.238 e. The molecule has 2 aromatic rings. The van der Waals surface area contributed by atoms with Gasteiger partial charge in [-0.3, -0.25) is 24.1 Å². The largest absolute Gasteiger partial charge is 0.507 e. The van der Waals surface area contributed by atoms with Gasteiger partial charge in [0.15, 0.2) is 11.6 Å². The second-order valence-electron chi connectivity index (χ2n) is 10.2. The topological polar surface area (TPSA) is 91.8 Å². The molecule has 0 saturated carbocycles. The molecule has 4 atom stereocenters. The Hall–Kier alpha value is -3.58. The number of Topliss-reactive ketones (excluding diaryl/α,β-unsaturated/α-hetero) is 1. The van der Waals surface area contributed by atoms with Crippen molar-refractivity contribution in [2.45, 2.75) is 32.6 Å². The molecule has 7 heteroatoms. The number of aromatic hydroxyl groups is 1. The molecule has 1 heterocycles. The quantitative estimate of drug-likeness (QED) is 0.319. The number of imide groups is 1. The van der Waals surface area contributed by atoms with Crippen LogP contribution in [0.1, 0.15) is 35.4 Å². The summed E-state index contributed by atoms with van der Waals surface area (Å²) in [5.41, 5.74) is 4.39. The normalized spacial score (nSPS) is 27.1. The third-order valence-electron chi connectivity index (χ3n) is 8.19. The number of carbonyl (C=O) groups excluding carboxylic acids is 4. The lowest BCUT2D eigenvalue weighted by Gasteiger charge is -2.42. The molecule has 0 aromatic heterocycles. The van der Waals surface area contributed by atoms with Crippen LogP contribution in [0.5, 0.6) is 5.75 Å². The molecule has 1 saturated heterocycles. The molecule has 6 nitrogen and oxygen atoms in total. The van der Waals surface area contributed by atoms with Crippen LogP contribution in [0.2, 0.25) is 0 Å². The van der Waals surface area contributed by atoms with Crippen molar-refractivity contribution >= 4 is 45.0 Å². The number of phenolic OH excluding ortho intramolecular Hbond substituents is 1. The molecule has 3 aliphatic carbocycles. The zero-order valence-corrected chi connectivity index (χ0v) is 21.9. The molecular weight excluding hydrogens is 534 g/mol. The van der Waals surface area contributed by atoms with Crippen LogP contribution in [0.3, 0.4) is 0 Å². The van der Waals surface area contributed by atoms with Crippen LogP contribution in [0.4, 0.5) is 5.69 Å². The van der Waals surface area contributed by atoms with E-state index < -0.39 is 23.7 Å². The molecule has 4 aliphatic rings. The number of amides is 2. The van der Waals surface area contributed by atoms with E-state index in [9.17, 15) is 24.3 Å². The number of phenols is 1. The number of benzene rings is 2. The number of nitrogens with zero attached hydrogens (tertiary/aromatic N) is 1. The van der Waals surface area contributed by atoms with Crippen LogP contribution in [-0.2, 0) is 19.2 Å². The van der Waals surface area contributed by atoms with Gasteiger partial charge in [-0.1, -0.05) is 42.0 Å². The second kappa shape index (κ2) is 8.48. The van der Waals surface area contributed by atoms with E-state index in [1.807, 2.05) is 24.3 Å². The van der Waals surface area contributed by atoms with E-state index in [1.54, 1.807) is 38.1 Å². The summed E-state index contributed by atoms with van der Waals surface area (Å²) in [6.45, 7) is 3.60. The molecule has 4 unspecified atom stereocenters. The highest BCUT2D eigenvalue weighted by Crippen LogP contribution is 2.55. The van der Waals surface area contributed by atoms with Crippen molar-refractivity contribution in [3.63, 3.8) is 0 Å². The summed E-state index contributed by atoms with van der Waals surface area (Å²) >= 11 is 3.25. The van der Waals surface area contributed by atoms with Gasteiger partial charge in [-0.2, -0.15) is 0 Å². The fourth-order valence-electron chi connectivity index (χ4n) is 6.57. The third-order valence-corrected chi connectivity index (χ3v) is 8.78. The average molecular weight is 558 g/mol. The number of halogens is 1.